The molecule has 4 N–H and O–H groups in total. The highest BCUT2D eigenvalue weighted by Crippen LogP contribution is 2.31. The minimum atomic E-state index is -1.13. The Morgan fingerprint density at radius 2 is 2.10 bits per heavy atom. The van der Waals surface area contributed by atoms with Gasteiger partial charge in [0.2, 0.25) is 0 Å². The van der Waals surface area contributed by atoms with Crippen LogP contribution in [0.15, 0.2) is 12.7 Å². The molecule has 1 unspecified atom stereocenters. The molecule has 2 aromatic rings. The zero-order valence-corrected chi connectivity index (χ0v) is 12.2. The molecule has 1 fully saturated rings. The van der Waals surface area contributed by atoms with Crippen LogP contribution in [0.25, 0.3) is 11.2 Å². The zero-order valence-electron chi connectivity index (χ0n) is 10.0. The van der Waals surface area contributed by atoms with Crippen molar-refractivity contribution in [3.63, 3.8) is 0 Å². The van der Waals surface area contributed by atoms with E-state index in [2.05, 4.69) is 24.8 Å². The number of nitrogen functional groups attached to an aromatic ring is 1. The Bertz CT molecular complexity index is 709. The van der Waals surface area contributed by atoms with Crippen molar-refractivity contribution in [2.75, 3.05) is 5.73 Å². The molecule has 104 valence electrons. The van der Waals surface area contributed by atoms with E-state index in [9.17, 15) is 10.2 Å². The smallest absolute Gasteiger partial charge is 0.167 e. The van der Waals surface area contributed by atoms with E-state index in [4.69, 9.17) is 10.5 Å². The number of rotatable bonds is 1. The second-order valence-corrected chi connectivity index (χ2v) is 4.79. The fraction of sp³-hybridized carbons (Fsp3) is 0.364. The van der Waals surface area contributed by atoms with Gasteiger partial charge in [0.05, 0.1) is 6.33 Å². The maximum absolute atomic E-state index is 10.1. The summed E-state index contributed by atoms with van der Waals surface area (Å²) in [5.74, 6) is 2.93. The Labute approximate surface area is 127 Å². The van der Waals surface area contributed by atoms with Crippen molar-refractivity contribution < 1.29 is 14.9 Å². The highest BCUT2D eigenvalue weighted by atomic mass is 127. The molecule has 0 aliphatic carbocycles. The first-order valence-corrected chi connectivity index (χ1v) is 6.77. The van der Waals surface area contributed by atoms with Gasteiger partial charge in [-0.1, -0.05) is 5.92 Å². The first kappa shape index (κ1) is 13.5. The number of halogens is 1. The summed E-state index contributed by atoms with van der Waals surface area (Å²) in [6.07, 6.45) is -1.08. The van der Waals surface area contributed by atoms with Gasteiger partial charge in [-0.25, -0.2) is 15.0 Å². The van der Waals surface area contributed by atoms with Crippen LogP contribution in [0.5, 0.6) is 0 Å². The summed E-state index contributed by atoms with van der Waals surface area (Å²) in [4.78, 5) is 12.0. The fourth-order valence-corrected chi connectivity index (χ4v) is 2.43. The first-order chi connectivity index (χ1) is 9.63. The summed E-state index contributed by atoms with van der Waals surface area (Å²) < 4.78 is 9.70. The van der Waals surface area contributed by atoms with Crippen molar-refractivity contribution in [2.24, 2.45) is 0 Å². The molecule has 2 aromatic heterocycles. The van der Waals surface area contributed by atoms with Crippen LogP contribution in [-0.4, -0.2) is 48.0 Å². The number of ether oxygens (including phenoxy) is 1. The second-order valence-electron chi connectivity index (χ2n) is 4.25. The lowest BCUT2D eigenvalue weighted by Crippen LogP contribution is -2.30. The van der Waals surface area contributed by atoms with E-state index in [-0.39, 0.29) is 5.82 Å². The van der Waals surface area contributed by atoms with E-state index in [1.54, 1.807) is 0 Å². The molecular weight excluding hydrogens is 377 g/mol. The van der Waals surface area contributed by atoms with Gasteiger partial charge < -0.3 is 20.7 Å². The number of nitrogens with zero attached hydrogens (tertiary/aromatic N) is 4. The molecule has 3 rings (SSSR count). The highest BCUT2D eigenvalue weighted by Gasteiger charge is 2.43. The number of nitrogens with two attached hydrogens (primary N) is 1. The number of fused-ring (bicyclic) bond motifs is 1. The standard InChI is InChI=1S/C11H10IN5O3/c12-2-1-5-7(18)8(19)11(20-5)17-4-16-6-9(13)14-3-15-10(6)17/h3-5,7-8,11,18-19H,(H2,13,14,15)/t5?,7-,8-,11-/m1/s1. The molecule has 8 nitrogen and oxygen atoms in total. The van der Waals surface area contributed by atoms with Gasteiger partial charge in [-0.05, 0) is 3.93 Å². The Balaban J connectivity index is 2.03. The third-order valence-corrected chi connectivity index (χ3v) is 3.41. The van der Waals surface area contributed by atoms with E-state index < -0.39 is 24.5 Å². The zero-order chi connectivity index (χ0) is 14.3. The number of hydrogen-bond donors (Lipinski definition) is 3. The lowest BCUT2D eigenvalue weighted by atomic mass is 10.1. The average molecular weight is 387 g/mol. The molecule has 3 heterocycles. The first-order valence-electron chi connectivity index (χ1n) is 5.69. The molecule has 1 saturated heterocycles. The largest absolute Gasteiger partial charge is 0.386 e. The molecule has 0 radical (unpaired) electrons. The van der Waals surface area contributed by atoms with E-state index >= 15 is 0 Å². The molecule has 0 spiro atoms. The minimum Gasteiger partial charge on any atom is -0.386 e. The van der Waals surface area contributed by atoms with Gasteiger partial charge in [0, 0.05) is 22.6 Å². The van der Waals surface area contributed by atoms with E-state index in [1.165, 1.54) is 17.2 Å². The number of anilines is 1. The summed E-state index contributed by atoms with van der Waals surface area (Å²) >= 11 is 1.84. The number of aliphatic hydroxyl groups excluding tert-OH is 2. The molecule has 0 bridgehead atoms. The molecule has 1 aliphatic heterocycles. The maximum atomic E-state index is 10.1. The van der Waals surface area contributed by atoms with Gasteiger partial charge in [0.25, 0.3) is 0 Å². The van der Waals surface area contributed by atoms with Crippen molar-refractivity contribution in [1.29, 1.82) is 0 Å². The van der Waals surface area contributed by atoms with Crippen LogP contribution in [0.4, 0.5) is 5.82 Å². The normalized spacial score (nSPS) is 29.4. The third-order valence-electron chi connectivity index (χ3n) is 3.10. The number of aromatic nitrogens is 4. The Morgan fingerprint density at radius 1 is 1.30 bits per heavy atom. The van der Waals surface area contributed by atoms with Crippen LogP contribution in [0, 0.1) is 9.85 Å². The fourth-order valence-electron chi connectivity index (χ4n) is 2.12. The van der Waals surface area contributed by atoms with E-state index in [0.717, 1.165) is 0 Å². The minimum absolute atomic E-state index is 0.241. The van der Waals surface area contributed by atoms with Crippen LogP contribution in [-0.2, 0) is 4.74 Å². The lowest BCUT2D eigenvalue weighted by molar-refractivity contribution is -0.0230. The average Bonchev–Trinajstić information content (AvgIpc) is 2.97. The quantitative estimate of drug-likeness (QED) is 0.443. The summed E-state index contributed by atoms with van der Waals surface area (Å²) in [6, 6.07) is 0. The Kier molecular flexibility index (Phi) is 3.47. The van der Waals surface area contributed by atoms with Gasteiger partial charge in [-0.3, -0.25) is 4.57 Å². The second kappa shape index (κ2) is 5.13. The topological polar surface area (TPSA) is 119 Å². The van der Waals surface area contributed by atoms with Gasteiger partial charge in [-0.2, -0.15) is 0 Å². The molecular formula is C11H10IN5O3. The number of hydrogen-bond acceptors (Lipinski definition) is 7. The molecule has 0 saturated carbocycles. The molecule has 0 amide bonds. The number of aliphatic hydroxyl groups is 2. The molecule has 4 atom stereocenters. The predicted octanol–water partition coefficient (Wildman–Crippen LogP) is -0.576. The predicted molar refractivity (Wildman–Crippen MR) is 77.5 cm³/mol. The van der Waals surface area contributed by atoms with Crippen molar-refractivity contribution in [1.82, 2.24) is 19.5 Å². The van der Waals surface area contributed by atoms with E-state index in [1.807, 2.05) is 22.6 Å². The van der Waals surface area contributed by atoms with Crippen LogP contribution in [0.3, 0.4) is 0 Å². The maximum Gasteiger partial charge on any atom is 0.167 e. The third kappa shape index (κ3) is 2.01. The Hall–Kier alpha value is -1.48. The summed E-state index contributed by atoms with van der Waals surface area (Å²) in [5, 5.41) is 20.0. The van der Waals surface area contributed by atoms with Crippen molar-refractivity contribution in [2.45, 2.75) is 24.5 Å². The molecule has 1 aliphatic rings. The highest BCUT2D eigenvalue weighted by molar-refractivity contribution is 14.1. The summed E-state index contributed by atoms with van der Waals surface area (Å²) in [6.45, 7) is 0. The summed E-state index contributed by atoms with van der Waals surface area (Å²) in [5.41, 5.74) is 6.55. The number of imidazole rings is 1. The van der Waals surface area contributed by atoms with Crippen LogP contribution in [0.1, 0.15) is 6.23 Å². The van der Waals surface area contributed by atoms with Gasteiger partial charge in [0.15, 0.2) is 17.7 Å². The van der Waals surface area contributed by atoms with E-state index in [0.29, 0.717) is 11.2 Å². The van der Waals surface area contributed by atoms with Crippen molar-refractivity contribution >= 4 is 39.6 Å². The Morgan fingerprint density at radius 3 is 2.85 bits per heavy atom. The van der Waals surface area contributed by atoms with Gasteiger partial charge in [-0.15, -0.1) is 0 Å². The van der Waals surface area contributed by atoms with Crippen LogP contribution < -0.4 is 5.73 Å². The van der Waals surface area contributed by atoms with Crippen molar-refractivity contribution in [3.05, 3.63) is 12.7 Å². The monoisotopic (exact) mass is 387 g/mol. The van der Waals surface area contributed by atoms with Gasteiger partial charge in [0.1, 0.15) is 30.2 Å². The lowest BCUT2D eigenvalue weighted by Gasteiger charge is -2.16. The van der Waals surface area contributed by atoms with Crippen molar-refractivity contribution in [3.8, 4) is 9.85 Å². The SMILES string of the molecule is Nc1ncnc2c1ncn2[C@@H]1OC(C#CI)[C@@H](O)[C@H]1O. The molecule has 9 heteroatoms. The molecule has 0 aromatic carbocycles. The molecule has 20 heavy (non-hydrogen) atoms. The van der Waals surface area contributed by atoms with Crippen LogP contribution in [0.2, 0.25) is 0 Å². The van der Waals surface area contributed by atoms with Crippen LogP contribution >= 0.6 is 22.6 Å². The summed E-state index contributed by atoms with van der Waals surface area (Å²) in [7, 11) is 0. The van der Waals surface area contributed by atoms with Gasteiger partial charge >= 0.3 is 0 Å².